The summed E-state index contributed by atoms with van der Waals surface area (Å²) >= 11 is 0. The lowest BCUT2D eigenvalue weighted by atomic mass is 10.2. The molecule has 0 radical (unpaired) electrons. The van der Waals surface area contributed by atoms with Crippen LogP contribution in [0, 0.1) is 0 Å². The van der Waals surface area contributed by atoms with Gasteiger partial charge in [0.2, 0.25) is 16.6 Å². The highest BCUT2D eigenvalue weighted by Gasteiger charge is 2.31. The topological polar surface area (TPSA) is 18.5 Å². The largest absolute Gasteiger partial charge is 0.541 e. The van der Waals surface area contributed by atoms with E-state index in [2.05, 4.69) is 65.6 Å². The minimum Gasteiger partial charge on any atom is -0.541 e. The van der Waals surface area contributed by atoms with Crippen LogP contribution < -0.4 is 8.85 Å². The summed E-state index contributed by atoms with van der Waals surface area (Å²) in [6, 6.07) is 10.6. The van der Waals surface area contributed by atoms with E-state index >= 15 is 0 Å². The zero-order chi connectivity index (χ0) is 16.8. The van der Waals surface area contributed by atoms with Crippen LogP contribution in [0.4, 0.5) is 0 Å². The smallest absolute Gasteiger partial charge is 0.247 e. The zero-order valence-electron chi connectivity index (χ0n) is 15.2. The second-order valence-corrected chi connectivity index (χ2v) is 15.5. The van der Waals surface area contributed by atoms with E-state index in [1.165, 1.54) is 0 Å². The molecular formula is C18H32O2Si2. The summed E-state index contributed by atoms with van der Waals surface area (Å²) in [6.07, 6.45) is 1.86. The maximum atomic E-state index is 6.50. The Labute approximate surface area is 138 Å². The molecule has 0 aliphatic rings. The Morgan fingerprint density at radius 1 is 0.864 bits per heavy atom. The molecule has 124 valence electrons. The van der Waals surface area contributed by atoms with E-state index in [1.54, 1.807) is 0 Å². The second-order valence-electron chi connectivity index (χ2n) is 6.43. The van der Waals surface area contributed by atoms with Gasteiger partial charge in [-0.3, -0.25) is 0 Å². The Kier molecular flexibility index (Phi) is 6.94. The van der Waals surface area contributed by atoms with Crippen molar-refractivity contribution in [1.82, 2.24) is 0 Å². The molecule has 0 atom stereocenters. The Morgan fingerprint density at radius 3 is 1.73 bits per heavy atom. The number of rotatable bonds is 9. The predicted octanol–water partition coefficient (Wildman–Crippen LogP) is 6.32. The molecule has 0 aromatic heterocycles. The molecule has 1 aromatic rings. The van der Waals surface area contributed by atoms with Gasteiger partial charge in [-0.2, -0.15) is 0 Å². The first-order valence-electron chi connectivity index (χ1n) is 8.49. The summed E-state index contributed by atoms with van der Waals surface area (Å²) < 4.78 is 13.0. The zero-order valence-corrected chi connectivity index (χ0v) is 17.2. The normalized spacial score (nSPS) is 12.1. The van der Waals surface area contributed by atoms with Crippen LogP contribution in [0.25, 0.3) is 6.08 Å². The molecule has 0 fully saturated rings. The molecule has 1 aromatic carbocycles. The van der Waals surface area contributed by atoms with Gasteiger partial charge in [-0.05, 0) is 55.0 Å². The Balaban J connectivity index is 3.19. The molecule has 0 heterocycles. The van der Waals surface area contributed by atoms with Crippen LogP contribution >= 0.6 is 0 Å². The van der Waals surface area contributed by atoms with Crippen molar-refractivity contribution in [2.75, 3.05) is 0 Å². The maximum Gasteiger partial charge on any atom is 0.247 e. The van der Waals surface area contributed by atoms with Gasteiger partial charge in [0.25, 0.3) is 0 Å². The van der Waals surface area contributed by atoms with Crippen LogP contribution in [-0.4, -0.2) is 16.6 Å². The third-order valence-corrected chi connectivity index (χ3v) is 12.3. The molecule has 0 unspecified atom stereocenters. The average Bonchev–Trinajstić information content (AvgIpc) is 2.56. The molecule has 0 spiro atoms. The van der Waals surface area contributed by atoms with Gasteiger partial charge in [0, 0.05) is 0 Å². The Bertz CT molecular complexity index is 492. The Hall–Kier alpha value is -1.01. The number of benzene rings is 1. The van der Waals surface area contributed by atoms with Crippen LogP contribution in [0.2, 0.25) is 37.3 Å². The van der Waals surface area contributed by atoms with E-state index in [0.717, 1.165) is 41.2 Å². The molecule has 4 heteroatoms. The van der Waals surface area contributed by atoms with Crippen molar-refractivity contribution >= 4 is 22.7 Å². The summed E-state index contributed by atoms with van der Waals surface area (Å²) in [7, 11) is -3.38. The van der Waals surface area contributed by atoms with Gasteiger partial charge in [0.05, 0.1) is 0 Å². The molecular weight excluding hydrogens is 304 g/mol. The first-order chi connectivity index (χ1) is 10.3. The van der Waals surface area contributed by atoms with E-state index in [-0.39, 0.29) is 0 Å². The second kappa shape index (κ2) is 8.02. The highest BCUT2D eigenvalue weighted by Crippen LogP contribution is 2.35. The summed E-state index contributed by atoms with van der Waals surface area (Å²) in [5.74, 6) is 1.83. The van der Waals surface area contributed by atoms with Gasteiger partial charge in [0.1, 0.15) is 11.5 Å². The van der Waals surface area contributed by atoms with E-state index < -0.39 is 16.6 Å². The van der Waals surface area contributed by atoms with Crippen LogP contribution in [0.1, 0.15) is 33.3 Å². The molecule has 0 saturated heterocycles. The molecule has 0 bridgehead atoms. The van der Waals surface area contributed by atoms with E-state index in [1.807, 2.05) is 6.08 Å². The molecule has 1 rings (SSSR count). The highest BCUT2D eigenvalue weighted by atomic mass is 28.4. The van der Waals surface area contributed by atoms with Gasteiger partial charge in [0.15, 0.2) is 0 Å². The molecule has 0 N–H and O–H groups in total. The van der Waals surface area contributed by atoms with Gasteiger partial charge < -0.3 is 8.85 Å². The van der Waals surface area contributed by atoms with Crippen molar-refractivity contribution in [3.05, 3.63) is 30.3 Å². The van der Waals surface area contributed by atoms with E-state index in [9.17, 15) is 0 Å². The van der Waals surface area contributed by atoms with Crippen LogP contribution in [0.3, 0.4) is 0 Å². The van der Waals surface area contributed by atoms with E-state index in [4.69, 9.17) is 8.85 Å². The van der Waals surface area contributed by atoms with Crippen LogP contribution in [0.15, 0.2) is 24.8 Å². The first kappa shape index (κ1) is 19.0. The van der Waals surface area contributed by atoms with Gasteiger partial charge in [-0.15, -0.1) is 0 Å². The van der Waals surface area contributed by atoms with Gasteiger partial charge in [-0.25, -0.2) is 0 Å². The summed E-state index contributed by atoms with van der Waals surface area (Å²) in [6.45, 7) is 17.4. The Morgan fingerprint density at radius 2 is 1.32 bits per heavy atom. The van der Waals surface area contributed by atoms with Crippen molar-refractivity contribution in [2.45, 2.75) is 65.0 Å². The summed E-state index contributed by atoms with van der Waals surface area (Å²) in [5, 5.41) is 0. The maximum absolute atomic E-state index is 6.50. The molecule has 0 aliphatic heterocycles. The van der Waals surface area contributed by atoms with Crippen molar-refractivity contribution in [1.29, 1.82) is 0 Å². The molecule has 0 saturated carbocycles. The van der Waals surface area contributed by atoms with Crippen LogP contribution in [0.5, 0.6) is 11.5 Å². The van der Waals surface area contributed by atoms with Crippen molar-refractivity contribution in [3.8, 4) is 11.5 Å². The monoisotopic (exact) mass is 336 g/mol. The number of hydrogen-bond acceptors (Lipinski definition) is 2. The third-order valence-electron chi connectivity index (χ3n) is 4.91. The third kappa shape index (κ3) is 4.75. The van der Waals surface area contributed by atoms with E-state index in [0.29, 0.717) is 0 Å². The summed E-state index contributed by atoms with van der Waals surface area (Å²) in [4.78, 5) is 0. The molecule has 0 amide bonds. The van der Waals surface area contributed by atoms with Crippen LogP contribution in [-0.2, 0) is 0 Å². The lowest BCUT2D eigenvalue weighted by Crippen LogP contribution is -2.38. The quantitative estimate of drug-likeness (QED) is 0.491. The van der Waals surface area contributed by atoms with Gasteiger partial charge in [-0.1, -0.05) is 46.4 Å². The first-order valence-corrected chi connectivity index (χ1v) is 14.1. The van der Waals surface area contributed by atoms with Crippen molar-refractivity contribution in [2.24, 2.45) is 0 Å². The van der Waals surface area contributed by atoms with Crippen molar-refractivity contribution in [3.63, 3.8) is 0 Å². The van der Waals surface area contributed by atoms with Crippen molar-refractivity contribution < 1.29 is 8.85 Å². The summed E-state index contributed by atoms with van der Waals surface area (Å²) in [5.41, 5.74) is 1.09. The highest BCUT2D eigenvalue weighted by molar-refractivity contribution is 6.73. The number of hydrogen-bond donors (Lipinski definition) is 0. The fraction of sp³-hybridized carbons (Fsp3) is 0.556. The SMILES string of the molecule is C=Cc1ccc(O[Si](C)(CC)CC)c(O[Si](C)(CC)CC)c1. The molecule has 2 nitrogen and oxygen atoms in total. The van der Waals surface area contributed by atoms with Gasteiger partial charge >= 0.3 is 0 Å². The standard InChI is InChI=1S/C18H32O2Si2/c1-8-16-13-14-17(19-21(6,9-2)10-3)18(15-16)20-22(7,11-4)12-5/h8,13-15H,1,9-12H2,2-7H3. The lowest BCUT2D eigenvalue weighted by Gasteiger charge is -2.31. The molecule has 22 heavy (non-hydrogen) atoms. The predicted molar refractivity (Wildman–Crippen MR) is 103 cm³/mol. The lowest BCUT2D eigenvalue weighted by molar-refractivity contribution is 0.475. The fourth-order valence-corrected chi connectivity index (χ4v) is 5.10. The fourth-order valence-electron chi connectivity index (χ4n) is 2.14. The minimum absolute atomic E-state index is 0.913. The minimum atomic E-state index is -1.70. The average molecular weight is 337 g/mol. The molecule has 0 aliphatic carbocycles.